The van der Waals surface area contributed by atoms with E-state index in [0.717, 1.165) is 25.1 Å². The predicted molar refractivity (Wildman–Crippen MR) is 65.8 cm³/mol. The molecule has 1 aliphatic rings. The van der Waals surface area contributed by atoms with Crippen molar-refractivity contribution in [2.45, 2.75) is 18.9 Å². The van der Waals surface area contributed by atoms with Crippen molar-refractivity contribution in [1.82, 2.24) is 5.32 Å². The van der Waals surface area contributed by atoms with Gasteiger partial charge in [0.25, 0.3) is 0 Å². The number of nitrogens with one attached hydrogen (secondary N) is 1. The number of hydrogen-bond donors (Lipinski definition) is 2. The van der Waals surface area contributed by atoms with E-state index in [4.69, 9.17) is 10.5 Å². The Morgan fingerprint density at radius 3 is 2.71 bits per heavy atom. The molecule has 17 heavy (non-hydrogen) atoms. The van der Waals surface area contributed by atoms with Crippen molar-refractivity contribution in [2.24, 2.45) is 11.7 Å². The molecular formula is C13H18N2O2. The molecule has 1 fully saturated rings. The zero-order chi connectivity index (χ0) is 12.3. The zero-order valence-electron chi connectivity index (χ0n) is 9.98. The lowest BCUT2D eigenvalue weighted by molar-refractivity contribution is -0.119. The van der Waals surface area contributed by atoms with Crippen LogP contribution in [0.2, 0.25) is 0 Å². The van der Waals surface area contributed by atoms with E-state index >= 15 is 0 Å². The zero-order valence-corrected chi connectivity index (χ0v) is 9.98. The average Bonchev–Trinajstić information content (AvgIpc) is 2.79. The number of ether oxygens (including phenoxy) is 1. The molecule has 0 unspecified atom stereocenters. The number of rotatable bonds is 4. The van der Waals surface area contributed by atoms with Gasteiger partial charge in [0.05, 0.1) is 13.2 Å². The minimum atomic E-state index is -0.248. The fraction of sp³-hybridized carbons (Fsp3) is 0.462. The van der Waals surface area contributed by atoms with Crippen molar-refractivity contribution in [2.75, 3.05) is 13.7 Å². The van der Waals surface area contributed by atoms with Gasteiger partial charge in [0, 0.05) is 0 Å². The maximum Gasteiger partial charge on any atom is 0.234 e. The van der Waals surface area contributed by atoms with Gasteiger partial charge < -0.3 is 15.8 Å². The molecular weight excluding hydrogens is 216 g/mol. The maximum atomic E-state index is 11.0. The van der Waals surface area contributed by atoms with Crippen molar-refractivity contribution < 1.29 is 9.53 Å². The number of nitrogens with two attached hydrogens (primary N) is 1. The van der Waals surface area contributed by atoms with Gasteiger partial charge in [0.1, 0.15) is 5.75 Å². The molecule has 0 aliphatic carbocycles. The monoisotopic (exact) mass is 234 g/mol. The van der Waals surface area contributed by atoms with Crippen LogP contribution in [-0.4, -0.2) is 25.6 Å². The van der Waals surface area contributed by atoms with Gasteiger partial charge in [0.15, 0.2) is 0 Å². The molecule has 0 aromatic heterocycles. The minimum Gasteiger partial charge on any atom is -0.497 e. The predicted octanol–water partition coefficient (Wildman–Crippen LogP) is 0.701. The molecule has 4 nitrogen and oxygen atoms in total. The molecule has 3 N–H and O–H groups in total. The molecule has 4 heteroatoms. The third-order valence-electron chi connectivity index (χ3n) is 3.25. The minimum absolute atomic E-state index is 0.154. The first-order valence-electron chi connectivity index (χ1n) is 5.84. The summed E-state index contributed by atoms with van der Waals surface area (Å²) in [5.41, 5.74) is 6.54. The van der Waals surface area contributed by atoms with Crippen LogP contribution in [0.3, 0.4) is 0 Å². The molecule has 0 saturated carbocycles. The summed E-state index contributed by atoms with van der Waals surface area (Å²) in [5, 5.41) is 3.15. The Bertz CT molecular complexity index is 389. The van der Waals surface area contributed by atoms with Gasteiger partial charge in [0.2, 0.25) is 5.91 Å². The second-order valence-corrected chi connectivity index (χ2v) is 4.52. The van der Waals surface area contributed by atoms with E-state index in [0.29, 0.717) is 5.92 Å². The summed E-state index contributed by atoms with van der Waals surface area (Å²) in [6, 6.07) is 7.90. The second kappa shape index (κ2) is 5.19. The summed E-state index contributed by atoms with van der Waals surface area (Å²) in [4.78, 5) is 11.0. The van der Waals surface area contributed by atoms with Crippen molar-refractivity contribution >= 4 is 5.91 Å². The normalized spacial score (nSPS) is 23.6. The second-order valence-electron chi connectivity index (χ2n) is 4.52. The largest absolute Gasteiger partial charge is 0.497 e. The Hall–Kier alpha value is -1.55. The van der Waals surface area contributed by atoms with Crippen molar-refractivity contribution in [3.8, 4) is 5.75 Å². The molecule has 0 spiro atoms. The van der Waals surface area contributed by atoms with Gasteiger partial charge in [-0.25, -0.2) is 0 Å². The van der Waals surface area contributed by atoms with E-state index in [1.807, 2.05) is 12.1 Å². The fourth-order valence-corrected chi connectivity index (χ4v) is 2.28. The quantitative estimate of drug-likeness (QED) is 0.806. The third kappa shape index (κ3) is 2.97. The number of methoxy groups -OCH3 is 1. The summed E-state index contributed by atoms with van der Waals surface area (Å²) in [6.45, 7) is 0.861. The average molecular weight is 234 g/mol. The maximum absolute atomic E-state index is 11.0. The summed E-state index contributed by atoms with van der Waals surface area (Å²) in [7, 11) is 1.66. The molecule has 2 rings (SSSR count). The Kier molecular flexibility index (Phi) is 3.64. The van der Waals surface area contributed by atoms with E-state index in [1.165, 1.54) is 5.56 Å². The van der Waals surface area contributed by atoms with Gasteiger partial charge >= 0.3 is 0 Å². The smallest absolute Gasteiger partial charge is 0.234 e. The van der Waals surface area contributed by atoms with Crippen LogP contribution in [0.15, 0.2) is 24.3 Å². The number of primary amides is 1. The molecule has 1 amide bonds. The molecule has 1 aliphatic heterocycles. The highest BCUT2D eigenvalue weighted by atomic mass is 16.5. The van der Waals surface area contributed by atoms with Gasteiger partial charge in [-0.2, -0.15) is 0 Å². The summed E-state index contributed by atoms with van der Waals surface area (Å²) >= 11 is 0. The Morgan fingerprint density at radius 1 is 1.47 bits per heavy atom. The van der Waals surface area contributed by atoms with Crippen LogP contribution in [-0.2, 0) is 11.2 Å². The van der Waals surface area contributed by atoms with E-state index in [9.17, 15) is 4.79 Å². The number of benzene rings is 1. The van der Waals surface area contributed by atoms with Crippen LogP contribution < -0.4 is 15.8 Å². The topological polar surface area (TPSA) is 64.3 Å². The molecule has 1 saturated heterocycles. The van der Waals surface area contributed by atoms with Crippen molar-refractivity contribution in [1.29, 1.82) is 0 Å². The first-order valence-corrected chi connectivity index (χ1v) is 5.84. The molecule has 0 bridgehead atoms. The number of hydrogen-bond acceptors (Lipinski definition) is 3. The SMILES string of the molecule is COc1ccc(C[C@@H]2CN[C@H](C(N)=O)C2)cc1. The van der Waals surface area contributed by atoms with Gasteiger partial charge in [-0.1, -0.05) is 12.1 Å². The molecule has 2 atom stereocenters. The van der Waals surface area contributed by atoms with E-state index in [-0.39, 0.29) is 11.9 Å². The first kappa shape index (κ1) is 11.9. The lowest BCUT2D eigenvalue weighted by Crippen LogP contribution is -2.36. The highest BCUT2D eigenvalue weighted by Crippen LogP contribution is 2.20. The van der Waals surface area contributed by atoms with Crippen LogP contribution in [0.5, 0.6) is 5.75 Å². The summed E-state index contributed by atoms with van der Waals surface area (Å²) in [5.74, 6) is 1.11. The van der Waals surface area contributed by atoms with Crippen LogP contribution in [0, 0.1) is 5.92 Å². The van der Waals surface area contributed by atoms with E-state index in [2.05, 4.69) is 17.4 Å². The van der Waals surface area contributed by atoms with Crippen molar-refractivity contribution in [3.63, 3.8) is 0 Å². The lowest BCUT2D eigenvalue weighted by Gasteiger charge is -2.09. The summed E-state index contributed by atoms with van der Waals surface area (Å²) in [6.07, 6.45) is 1.81. The summed E-state index contributed by atoms with van der Waals surface area (Å²) < 4.78 is 5.11. The van der Waals surface area contributed by atoms with E-state index in [1.54, 1.807) is 7.11 Å². The number of carbonyl (C=O) groups excluding carboxylic acids is 1. The first-order chi connectivity index (χ1) is 8.19. The van der Waals surface area contributed by atoms with E-state index < -0.39 is 0 Å². The highest BCUT2D eigenvalue weighted by molar-refractivity contribution is 5.80. The van der Waals surface area contributed by atoms with Gasteiger partial charge in [-0.05, 0) is 43.0 Å². The Labute approximate surface area is 101 Å². The van der Waals surface area contributed by atoms with Crippen LogP contribution in [0.4, 0.5) is 0 Å². The Balaban J connectivity index is 1.91. The lowest BCUT2D eigenvalue weighted by atomic mass is 9.96. The molecule has 1 aromatic rings. The molecule has 92 valence electrons. The standard InChI is InChI=1S/C13H18N2O2/c1-17-11-4-2-9(3-5-11)6-10-7-12(13(14)16)15-8-10/h2-5,10,12,15H,6-8H2,1H3,(H2,14,16)/t10-,12-/m0/s1. The fourth-order valence-electron chi connectivity index (χ4n) is 2.28. The van der Waals surface area contributed by atoms with Crippen molar-refractivity contribution in [3.05, 3.63) is 29.8 Å². The third-order valence-corrected chi connectivity index (χ3v) is 3.25. The van der Waals surface area contributed by atoms with Gasteiger partial charge in [-0.3, -0.25) is 4.79 Å². The number of carbonyl (C=O) groups is 1. The molecule has 0 radical (unpaired) electrons. The van der Waals surface area contributed by atoms with Crippen LogP contribution in [0.25, 0.3) is 0 Å². The van der Waals surface area contributed by atoms with Gasteiger partial charge in [-0.15, -0.1) is 0 Å². The molecule has 1 heterocycles. The highest BCUT2D eigenvalue weighted by Gasteiger charge is 2.27. The number of amides is 1. The van der Waals surface area contributed by atoms with Crippen LogP contribution in [0.1, 0.15) is 12.0 Å². The molecule has 1 aromatic carbocycles. The Morgan fingerprint density at radius 2 is 2.18 bits per heavy atom. The van der Waals surface area contributed by atoms with Crippen LogP contribution >= 0.6 is 0 Å².